The van der Waals surface area contributed by atoms with Crippen LogP contribution < -0.4 is 0 Å². The first-order chi connectivity index (χ1) is 7.25. The van der Waals surface area contributed by atoms with Gasteiger partial charge < -0.3 is 4.74 Å². The largest absolute Gasteiger partial charge is 0.369 e. The van der Waals surface area contributed by atoms with E-state index >= 15 is 0 Å². The number of fused-ring (bicyclic) bond motifs is 3. The molecule has 15 heavy (non-hydrogen) atoms. The van der Waals surface area contributed by atoms with Gasteiger partial charge in [0.1, 0.15) is 0 Å². The lowest BCUT2D eigenvalue weighted by molar-refractivity contribution is -0.00833. The zero-order valence-corrected chi connectivity index (χ0v) is 8.84. The van der Waals surface area contributed by atoms with Crippen LogP contribution in [0.15, 0.2) is 18.5 Å². The normalized spacial score (nSPS) is 25.5. The van der Waals surface area contributed by atoms with E-state index in [2.05, 4.69) is 23.8 Å². The third-order valence-electron chi connectivity index (χ3n) is 2.82. The molecular weight excluding hydrogens is 190 g/mol. The van der Waals surface area contributed by atoms with Crippen LogP contribution in [0.5, 0.6) is 0 Å². The highest BCUT2D eigenvalue weighted by Crippen LogP contribution is 2.29. The van der Waals surface area contributed by atoms with Gasteiger partial charge in [-0.1, -0.05) is 0 Å². The molecule has 0 saturated carbocycles. The SMILES string of the molecule is CC1Cc2nc3ncccn3c2C(C)O1. The topological polar surface area (TPSA) is 39.4 Å². The second-order valence-corrected chi connectivity index (χ2v) is 4.03. The lowest BCUT2D eigenvalue weighted by atomic mass is 10.1. The predicted molar refractivity (Wildman–Crippen MR) is 55.7 cm³/mol. The van der Waals surface area contributed by atoms with E-state index in [1.165, 1.54) is 0 Å². The van der Waals surface area contributed by atoms with Gasteiger partial charge in [-0.25, -0.2) is 9.97 Å². The molecule has 0 amide bonds. The van der Waals surface area contributed by atoms with Crippen molar-refractivity contribution in [2.24, 2.45) is 0 Å². The fourth-order valence-corrected chi connectivity index (χ4v) is 2.26. The highest BCUT2D eigenvalue weighted by Gasteiger charge is 2.26. The van der Waals surface area contributed by atoms with Crippen LogP contribution in [0.4, 0.5) is 0 Å². The van der Waals surface area contributed by atoms with E-state index in [9.17, 15) is 0 Å². The molecule has 78 valence electrons. The van der Waals surface area contributed by atoms with E-state index in [1.807, 2.05) is 16.7 Å². The quantitative estimate of drug-likeness (QED) is 0.654. The molecule has 0 fully saturated rings. The molecule has 3 rings (SSSR count). The first kappa shape index (κ1) is 8.85. The van der Waals surface area contributed by atoms with Gasteiger partial charge in [0.25, 0.3) is 0 Å². The van der Waals surface area contributed by atoms with Crippen LogP contribution in [-0.2, 0) is 11.2 Å². The van der Waals surface area contributed by atoms with E-state index in [4.69, 9.17) is 4.74 Å². The highest BCUT2D eigenvalue weighted by molar-refractivity contribution is 5.37. The average molecular weight is 203 g/mol. The molecule has 2 aromatic heterocycles. The Morgan fingerprint density at radius 2 is 2.33 bits per heavy atom. The number of aromatic nitrogens is 3. The number of imidazole rings is 1. The summed E-state index contributed by atoms with van der Waals surface area (Å²) in [5.74, 6) is 0.770. The molecule has 3 heterocycles. The Kier molecular flexibility index (Phi) is 1.79. The minimum Gasteiger partial charge on any atom is -0.369 e. The maximum absolute atomic E-state index is 5.79. The summed E-state index contributed by atoms with van der Waals surface area (Å²) in [5, 5.41) is 0. The van der Waals surface area contributed by atoms with Crippen LogP contribution in [-0.4, -0.2) is 20.5 Å². The van der Waals surface area contributed by atoms with Gasteiger partial charge in [0.2, 0.25) is 5.78 Å². The zero-order chi connectivity index (χ0) is 10.4. The first-order valence-corrected chi connectivity index (χ1v) is 5.23. The van der Waals surface area contributed by atoms with Crippen molar-refractivity contribution in [1.82, 2.24) is 14.4 Å². The molecule has 0 bridgehead atoms. The standard InChI is InChI=1S/C11H13N3O/c1-7-6-9-10(8(2)15-7)14-5-3-4-12-11(14)13-9/h3-5,7-8H,6H2,1-2H3. The van der Waals surface area contributed by atoms with E-state index in [1.54, 1.807) is 6.20 Å². The molecule has 0 spiro atoms. The monoisotopic (exact) mass is 203 g/mol. The Morgan fingerprint density at radius 3 is 3.20 bits per heavy atom. The van der Waals surface area contributed by atoms with Gasteiger partial charge in [-0.15, -0.1) is 0 Å². The summed E-state index contributed by atoms with van der Waals surface area (Å²) in [4.78, 5) is 8.77. The molecule has 0 aliphatic carbocycles. The lowest BCUT2D eigenvalue weighted by Crippen LogP contribution is -2.22. The van der Waals surface area contributed by atoms with Crippen LogP contribution in [0.25, 0.3) is 5.78 Å². The first-order valence-electron chi connectivity index (χ1n) is 5.23. The highest BCUT2D eigenvalue weighted by atomic mass is 16.5. The molecule has 4 nitrogen and oxygen atoms in total. The molecule has 0 saturated heterocycles. The molecule has 0 aromatic carbocycles. The molecule has 0 radical (unpaired) electrons. The van der Waals surface area contributed by atoms with Gasteiger partial charge in [0.15, 0.2) is 0 Å². The minimum absolute atomic E-state index is 0.1000. The van der Waals surface area contributed by atoms with Crippen molar-refractivity contribution in [3.8, 4) is 0 Å². The minimum atomic E-state index is 0.1000. The van der Waals surface area contributed by atoms with Crippen LogP contribution >= 0.6 is 0 Å². The van der Waals surface area contributed by atoms with Gasteiger partial charge in [0, 0.05) is 18.8 Å². The summed E-state index contributed by atoms with van der Waals surface area (Å²) in [6, 6.07) is 1.92. The van der Waals surface area contributed by atoms with Crippen molar-refractivity contribution < 1.29 is 4.74 Å². The van der Waals surface area contributed by atoms with Crippen molar-refractivity contribution in [3.05, 3.63) is 29.8 Å². The van der Waals surface area contributed by atoms with Crippen LogP contribution in [0.3, 0.4) is 0 Å². The zero-order valence-electron chi connectivity index (χ0n) is 8.84. The summed E-state index contributed by atoms with van der Waals surface area (Å²) >= 11 is 0. The van der Waals surface area contributed by atoms with E-state index in [0.717, 1.165) is 23.6 Å². The van der Waals surface area contributed by atoms with Crippen LogP contribution in [0.2, 0.25) is 0 Å². The van der Waals surface area contributed by atoms with Crippen molar-refractivity contribution >= 4 is 5.78 Å². The second-order valence-electron chi connectivity index (χ2n) is 4.03. The van der Waals surface area contributed by atoms with Gasteiger partial charge in [-0.3, -0.25) is 4.40 Å². The van der Waals surface area contributed by atoms with Gasteiger partial charge in [-0.05, 0) is 19.9 Å². The molecule has 1 aliphatic rings. The maximum Gasteiger partial charge on any atom is 0.234 e. The molecule has 2 unspecified atom stereocenters. The van der Waals surface area contributed by atoms with Crippen molar-refractivity contribution in [2.75, 3.05) is 0 Å². The number of rotatable bonds is 0. The Hall–Kier alpha value is -1.42. The number of hydrogen-bond donors (Lipinski definition) is 0. The number of ether oxygens (including phenoxy) is 1. The molecule has 0 N–H and O–H groups in total. The van der Waals surface area contributed by atoms with Gasteiger partial charge in [-0.2, -0.15) is 0 Å². The maximum atomic E-state index is 5.79. The molecule has 4 heteroatoms. The van der Waals surface area contributed by atoms with Crippen molar-refractivity contribution in [2.45, 2.75) is 32.5 Å². The third kappa shape index (κ3) is 1.25. The Balaban J connectivity index is 2.27. The van der Waals surface area contributed by atoms with E-state index in [0.29, 0.717) is 0 Å². The predicted octanol–water partition coefficient (Wildman–Crippen LogP) is 1.75. The fourth-order valence-electron chi connectivity index (χ4n) is 2.26. The Bertz CT molecular complexity index is 506. The van der Waals surface area contributed by atoms with Gasteiger partial charge in [0.05, 0.1) is 23.6 Å². The number of nitrogens with zero attached hydrogens (tertiary/aromatic N) is 3. The summed E-state index contributed by atoms with van der Waals surface area (Å²) in [7, 11) is 0. The second kappa shape index (κ2) is 3.03. The van der Waals surface area contributed by atoms with Crippen LogP contribution in [0, 0.1) is 0 Å². The summed E-state index contributed by atoms with van der Waals surface area (Å²) < 4.78 is 7.81. The van der Waals surface area contributed by atoms with Crippen LogP contribution in [0.1, 0.15) is 31.3 Å². The molecule has 2 aromatic rings. The van der Waals surface area contributed by atoms with Crippen molar-refractivity contribution in [3.63, 3.8) is 0 Å². The fraction of sp³-hybridized carbons (Fsp3) is 0.455. The smallest absolute Gasteiger partial charge is 0.234 e. The van der Waals surface area contributed by atoms with Crippen molar-refractivity contribution in [1.29, 1.82) is 0 Å². The van der Waals surface area contributed by atoms with E-state index in [-0.39, 0.29) is 12.2 Å². The summed E-state index contributed by atoms with van der Waals surface area (Å²) in [6.07, 6.45) is 4.98. The third-order valence-corrected chi connectivity index (χ3v) is 2.82. The summed E-state index contributed by atoms with van der Waals surface area (Å²) in [6.45, 7) is 4.15. The molecular formula is C11H13N3O. The summed E-state index contributed by atoms with van der Waals surface area (Å²) in [5.41, 5.74) is 2.27. The van der Waals surface area contributed by atoms with E-state index < -0.39 is 0 Å². The Morgan fingerprint density at radius 1 is 1.47 bits per heavy atom. The molecule has 1 aliphatic heterocycles. The molecule has 2 atom stereocenters. The van der Waals surface area contributed by atoms with Gasteiger partial charge >= 0.3 is 0 Å². The average Bonchev–Trinajstić information content (AvgIpc) is 2.54. The number of hydrogen-bond acceptors (Lipinski definition) is 3. The lowest BCUT2D eigenvalue weighted by Gasteiger charge is -2.24. The Labute approximate surface area is 87.9 Å².